The minimum atomic E-state index is -1.49. The van der Waals surface area contributed by atoms with Crippen LogP contribution in [0.4, 0.5) is 9.18 Å². The second kappa shape index (κ2) is 10.6. The molecular formula is C15H25FN2O6. The number of carboxylic acids is 1. The molecule has 2 amide bonds. The first-order valence-corrected chi connectivity index (χ1v) is 7.62. The van der Waals surface area contributed by atoms with Crippen LogP contribution in [-0.2, 0) is 19.1 Å². The third-order valence-corrected chi connectivity index (χ3v) is 2.99. The van der Waals surface area contributed by atoms with Crippen molar-refractivity contribution in [3.05, 3.63) is 0 Å². The number of nitrogens with one attached hydrogen (secondary N) is 2. The van der Waals surface area contributed by atoms with Gasteiger partial charge in [0.2, 0.25) is 5.91 Å². The predicted octanol–water partition coefficient (Wildman–Crippen LogP) is 0.891. The Bertz CT molecular complexity index is 467. The van der Waals surface area contributed by atoms with Gasteiger partial charge in [-0.1, -0.05) is 27.7 Å². The van der Waals surface area contributed by atoms with E-state index in [9.17, 15) is 23.6 Å². The first kappa shape index (κ1) is 21.8. The third-order valence-electron chi connectivity index (χ3n) is 2.99. The highest BCUT2D eigenvalue weighted by Crippen LogP contribution is 2.05. The second-order valence-corrected chi connectivity index (χ2v) is 6.12. The van der Waals surface area contributed by atoms with Crippen LogP contribution >= 0.6 is 0 Å². The van der Waals surface area contributed by atoms with E-state index in [2.05, 4.69) is 10.6 Å². The number of alkyl carbamates (subject to hydrolysis) is 1. The van der Waals surface area contributed by atoms with Crippen LogP contribution in [0.3, 0.4) is 0 Å². The number of halogens is 1. The van der Waals surface area contributed by atoms with E-state index in [0.717, 1.165) is 0 Å². The summed E-state index contributed by atoms with van der Waals surface area (Å²) in [6.45, 7) is 5.76. The van der Waals surface area contributed by atoms with Crippen LogP contribution in [0.1, 0.15) is 34.1 Å². The summed E-state index contributed by atoms with van der Waals surface area (Å²) in [6.07, 6.45) is -1.54. The van der Waals surface area contributed by atoms with Crippen molar-refractivity contribution < 1.29 is 33.4 Å². The molecule has 138 valence electrons. The summed E-state index contributed by atoms with van der Waals surface area (Å²) >= 11 is 0. The van der Waals surface area contributed by atoms with Crippen molar-refractivity contribution in [1.29, 1.82) is 0 Å². The first-order valence-electron chi connectivity index (χ1n) is 7.62. The Balaban J connectivity index is 4.90. The molecule has 0 saturated heterocycles. The first-order chi connectivity index (χ1) is 11.1. The number of carbonyl (C=O) groups excluding carboxylic acids is 3. The number of amides is 2. The van der Waals surface area contributed by atoms with E-state index >= 15 is 0 Å². The lowest BCUT2D eigenvalue weighted by Gasteiger charge is -2.24. The number of aliphatic carboxylic acids is 1. The summed E-state index contributed by atoms with van der Waals surface area (Å²) in [5, 5.41) is 13.3. The van der Waals surface area contributed by atoms with E-state index in [4.69, 9.17) is 9.84 Å². The fraction of sp³-hybridized carbons (Fsp3) is 0.733. The molecule has 3 N–H and O–H groups in total. The number of ketones is 1. The third kappa shape index (κ3) is 8.44. The van der Waals surface area contributed by atoms with Crippen molar-refractivity contribution in [3.8, 4) is 0 Å². The molecule has 1 unspecified atom stereocenters. The number of ether oxygens (including phenoxy) is 1. The average molecular weight is 348 g/mol. The molecule has 0 rings (SSSR count). The van der Waals surface area contributed by atoms with E-state index in [1.165, 1.54) is 0 Å². The molecule has 0 heterocycles. The maximum absolute atomic E-state index is 12.5. The van der Waals surface area contributed by atoms with Gasteiger partial charge in [-0.15, -0.1) is 0 Å². The van der Waals surface area contributed by atoms with Crippen LogP contribution in [-0.4, -0.2) is 54.2 Å². The molecule has 0 saturated carbocycles. The lowest BCUT2D eigenvalue weighted by Crippen LogP contribution is -2.54. The van der Waals surface area contributed by atoms with Crippen LogP contribution < -0.4 is 10.6 Å². The second-order valence-electron chi connectivity index (χ2n) is 6.12. The lowest BCUT2D eigenvalue weighted by atomic mass is 10.0. The van der Waals surface area contributed by atoms with Gasteiger partial charge in [-0.05, 0) is 11.8 Å². The van der Waals surface area contributed by atoms with Gasteiger partial charge in [0.25, 0.3) is 0 Å². The number of alkyl halides is 1. The summed E-state index contributed by atoms with van der Waals surface area (Å²) in [5.74, 6) is -3.42. The Morgan fingerprint density at radius 1 is 1.08 bits per heavy atom. The van der Waals surface area contributed by atoms with Crippen LogP contribution in [0.2, 0.25) is 0 Å². The van der Waals surface area contributed by atoms with E-state index in [-0.39, 0.29) is 18.4 Å². The molecular weight excluding hydrogens is 323 g/mol. The number of hydrogen-bond acceptors (Lipinski definition) is 5. The van der Waals surface area contributed by atoms with Crippen molar-refractivity contribution in [2.45, 2.75) is 46.2 Å². The Labute approximate surface area is 140 Å². The Morgan fingerprint density at radius 2 is 1.67 bits per heavy atom. The van der Waals surface area contributed by atoms with Gasteiger partial charge in [0, 0.05) is 0 Å². The van der Waals surface area contributed by atoms with Crippen LogP contribution in [0, 0.1) is 11.8 Å². The predicted molar refractivity (Wildman–Crippen MR) is 83.1 cm³/mol. The maximum Gasteiger partial charge on any atom is 0.407 e. The number of carbonyl (C=O) groups is 4. The molecule has 0 aliphatic carbocycles. The molecule has 0 aromatic rings. The molecule has 0 aliphatic rings. The Kier molecular flexibility index (Phi) is 9.60. The summed E-state index contributed by atoms with van der Waals surface area (Å²) < 4.78 is 17.4. The van der Waals surface area contributed by atoms with Crippen molar-refractivity contribution >= 4 is 23.8 Å². The number of hydrogen-bond donors (Lipinski definition) is 3. The van der Waals surface area contributed by atoms with Gasteiger partial charge in [0.1, 0.15) is 18.8 Å². The molecule has 0 bridgehead atoms. The molecule has 0 aromatic carbocycles. The highest BCUT2D eigenvalue weighted by atomic mass is 19.1. The van der Waals surface area contributed by atoms with Gasteiger partial charge < -0.3 is 20.5 Å². The molecule has 0 aromatic heterocycles. The summed E-state index contributed by atoms with van der Waals surface area (Å²) in [4.78, 5) is 46.0. The Morgan fingerprint density at radius 3 is 2.08 bits per heavy atom. The van der Waals surface area contributed by atoms with Crippen molar-refractivity contribution in [2.24, 2.45) is 11.8 Å². The van der Waals surface area contributed by atoms with Gasteiger partial charge >= 0.3 is 12.1 Å². The van der Waals surface area contributed by atoms with E-state index < -0.39 is 48.9 Å². The molecule has 0 fully saturated rings. The van der Waals surface area contributed by atoms with E-state index in [1.54, 1.807) is 13.8 Å². The summed E-state index contributed by atoms with van der Waals surface area (Å²) in [6, 6.07) is -2.54. The summed E-state index contributed by atoms with van der Waals surface area (Å²) in [5.41, 5.74) is 0. The smallest absolute Gasteiger partial charge is 0.407 e. The zero-order valence-corrected chi connectivity index (χ0v) is 14.3. The minimum absolute atomic E-state index is 0.115. The van der Waals surface area contributed by atoms with Crippen LogP contribution in [0.5, 0.6) is 0 Å². The monoisotopic (exact) mass is 348 g/mol. The minimum Gasteiger partial charge on any atom is -0.481 e. The topological polar surface area (TPSA) is 122 Å². The molecule has 8 nitrogen and oxygen atoms in total. The molecule has 9 heteroatoms. The molecule has 0 spiro atoms. The highest BCUT2D eigenvalue weighted by Gasteiger charge is 2.30. The van der Waals surface area contributed by atoms with Crippen molar-refractivity contribution in [1.82, 2.24) is 10.6 Å². The SMILES string of the molecule is CC(C)COC(=O)N[C@H](C(=O)NC(CC(=O)O)C(=O)CF)C(C)C. The lowest BCUT2D eigenvalue weighted by molar-refractivity contribution is -0.140. The molecule has 2 atom stereocenters. The highest BCUT2D eigenvalue weighted by molar-refractivity contribution is 5.94. The average Bonchev–Trinajstić information content (AvgIpc) is 2.48. The van der Waals surface area contributed by atoms with Gasteiger partial charge in [0.05, 0.1) is 13.0 Å². The molecule has 0 aliphatic heterocycles. The number of carboxylic acid groups (broad SMARTS) is 1. The standard InChI is InChI=1S/C15H25FN2O6/c1-8(2)7-24-15(23)18-13(9(3)4)14(22)17-10(5-12(20)21)11(19)6-16/h8-10,13H,5-7H2,1-4H3,(H,17,22)(H,18,23)(H,20,21)/t10?,13-/m0/s1. The van der Waals surface area contributed by atoms with Crippen LogP contribution in [0.15, 0.2) is 0 Å². The molecule has 24 heavy (non-hydrogen) atoms. The van der Waals surface area contributed by atoms with Gasteiger partial charge in [0.15, 0.2) is 5.78 Å². The van der Waals surface area contributed by atoms with Crippen molar-refractivity contribution in [2.75, 3.05) is 13.3 Å². The quantitative estimate of drug-likeness (QED) is 0.539. The summed E-state index contributed by atoms with van der Waals surface area (Å²) in [7, 11) is 0. The van der Waals surface area contributed by atoms with Gasteiger partial charge in [-0.3, -0.25) is 14.4 Å². The van der Waals surface area contributed by atoms with Crippen molar-refractivity contribution in [3.63, 3.8) is 0 Å². The maximum atomic E-state index is 12.5. The number of Topliss-reactive ketones (excluding diaryl/α,β-unsaturated/α-hetero) is 1. The van der Waals surface area contributed by atoms with Crippen LogP contribution in [0.25, 0.3) is 0 Å². The largest absolute Gasteiger partial charge is 0.481 e. The van der Waals surface area contributed by atoms with E-state index in [0.29, 0.717) is 0 Å². The van der Waals surface area contributed by atoms with Gasteiger partial charge in [-0.2, -0.15) is 0 Å². The fourth-order valence-corrected chi connectivity index (χ4v) is 1.72. The zero-order valence-electron chi connectivity index (χ0n) is 14.3. The zero-order chi connectivity index (χ0) is 18.9. The van der Waals surface area contributed by atoms with E-state index in [1.807, 2.05) is 13.8 Å². The fourth-order valence-electron chi connectivity index (χ4n) is 1.72. The van der Waals surface area contributed by atoms with Gasteiger partial charge in [-0.25, -0.2) is 9.18 Å². The molecule has 0 radical (unpaired) electrons. The number of rotatable bonds is 10. The normalized spacial score (nSPS) is 13.3. The Hall–Kier alpha value is -2.19.